The molecule has 3 N–H and O–H groups in total. The maximum atomic E-state index is 11.4. The van der Waals surface area contributed by atoms with Gasteiger partial charge in [0.2, 0.25) is 5.91 Å². The van der Waals surface area contributed by atoms with Crippen LogP contribution in [0.4, 0.5) is 0 Å². The van der Waals surface area contributed by atoms with Gasteiger partial charge in [0, 0.05) is 19.0 Å². The largest absolute Gasteiger partial charge is 0.380 e. The van der Waals surface area contributed by atoms with Crippen LogP contribution < -0.4 is 11.1 Å². The highest BCUT2D eigenvalue weighted by Gasteiger charge is 2.10. The Balaban J connectivity index is 2.24. The Kier molecular flexibility index (Phi) is 5.23. The average Bonchev–Trinajstić information content (AvgIpc) is 2.75. The van der Waals surface area contributed by atoms with E-state index in [4.69, 9.17) is 10.5 Å². The highest BCUT2D eigenvalue weighted by atomic mass is 32.1. The van der Waals surface area contributed by atoms with E-state index in [1.165, 1.54) is 11.3 Å². The summed E-state index contributed by atoms with van der Waals surface area (Å²) in [5.41, 5.74) is 8.01. The predicted molar refractivity (Wildman–Crippen MR) is 58.4 cm³/mol. The van der Waals surface area contributed by atoms with E-state index in [0.717, 1.165) is 5.69 Å². The molecular weight excluding hydrogens is 214 g/mol. The Labute approximate surface area is 92.6 Å². The Morgan fingerprint density at radius 2 is 2.60 bits per heavy atom. The predicted octanol–water partition coefficient (Wildman–Crippen LogP) is 0.123. The van der Waals surface area contributed by atoms with E-state index in [-0.39, 0.29) is 18.4 Å². The molecule has 0 aliphatic heterocycles. The van der Waals surface area contributed by atoms with Crippen molar-refractivity contribution < 1.29 is 9.53 Å². The van der Waals surface area contributed by atoms with Gasteiger partial charge in [-0.1, -0.05) is 0 Å². The van der Waals surface area contributed by atoms with Crippen LogP contribution >= 0.6 is 11.3 Å². The maximum Gasteiger partial charge on any atom is 0.222 e. The van der Waals surface area contributed by atoms with Gasteiger partial charge in [0.1, 0.15) is 0 Å². The van der Waals surface area contributed by atoms with Gasteiger partial charge in [0.15, 0.2) is 0 Å². The van der Waals surface area contributed by atoms with Crippen LogP contribution in [0.1, 0.15) is 12.1 Å². The molecule has 1 amide bonds. The lowest BCUT2D eigenvalue weighted by Gasteiger charge is -2.11. The van der Waals surface area contributed by atoms with Crippen molar-refractivity contribution in [1.29, 1.82) is 0 Å². The third-order valence-corrected chi connectivity index (χ3v) is 2.59. The van der Waals surface area contributed by atoms with Crippen LogP contribution in [0.25, 0.3) is 0 Å². The molecule has 0 aliphatic rings. The number of nitrogens with two attached hydrogens (primary N) is 1. The zero-order chi connectivity index (χ0) is 11.1. The number of ether oxygens (including phenoxy) is 1. The first-order valence-corrected chi connectivity index (χ1v) is 5.57. The quantitative estimate of drug-likeness (QED) is 0.726. The van der Waals surface area contributed by atoms with Crippen LogP contribution in [0.3, 0.4) is 0 Å². The molecule has 84 valence electrons. The Hall–Kier alpha value is -0.980. The lowest BCUT2D eigenvalue weighted by Crippen LogP contribution is -2.31. The second-order valence-electron chi connectivity index (χ2n) is 3.05. The van der Waals surface area contributed by atoms with Crippen LogP contribution in [-0.4, -0.2) is 30.6 Å². The standard InChI is InChI=1S/C9H15N3O2S/c1-14-8(3-10)2-9(13)11-4-7-5-15-6-12-7/h5-6,8H,2-4,10H2,1H3,(H,11,13). The van der Waals surface area contributed by atoms with Gasteiger partial charge in [0.25, 0.3) is 0 Å². The van der Waals surface area contributed by atoms with Gasteiger partial charge >= 0.3 is 0 Å². The second-order valence-corrected chi connectivity index (χ2v) is 3.77. The summed E-state index contributed by atoms with van der Waals surface area (Å²) < 4.78 is 5.01. The highest BCUT2D eigenvalue weighted by molar-refractivity contribution is 7.07. The normalized spacial score (nSPS) is 12.4. The molecule has 0 radical (unpaired) electrons. The summed E-state index contributed by atoms with van der Waals surface area (Å²) in [6.07, 6.45) is 0.0809. The van der Waals surface area contributed by atoms with Gasteiger partial charge in [0.05, 0.1) is 30.3 Å². The number of hydrogen-bond donors (Lipinski definition) is 2. The van der Waals surface area contributed by atoms with Crippen LogP contribution in [0.5, 0.6) is 0 Å². The molecule has 1 aromatic heterocycles. The zero-order valence-electron chi connectivity index (χ0n) is 8.60. The van der Waals surface area contributed by atoms with E-state index in [0.29, 0.717) is 13.1 Å². The number of methoxy groups -OCH3 is 1. The van der Waals surface area contributed by atoms with Crippen LogP contribution in [0, 0.1) is 0 Å². The van der Waals surface area contributed by atoms with Gasteiger partial charge in [-0.05, 0) is 0 Å². The van der Waals surface area contributed by atoms with Crippen molar-refractivity contribution in [2.75, 3.05) is 13.7 Å². The number of carbonyl (C=O) groups excluding carboxylic acids is 1. The summed E-state index contributed by atoms with van der Waals surface area (Å²) in [6.45, 7) is 0.809. The highest BCUT2D eigenvalue weighted by Crippen LogP contribution is 2.00. The minimum atomic E-state index is -0.208. The third-order valence-electron chi connectivity index (χ3n) is 1.96. The van der Waals surface area contributed by atoms with E-state index >= 15 is 0 Å². The van der Waals surface area contributed by atoms with E-state index in [2.05, 4.69) is 10.3 Å². The summed E-state index contributed by atoms with van der Waals surface area (Å²) in [4.78, 5) is 15.5. The molecule has 15 heavy (non-hydrogen) atoms. The van der Waals surface area contributed by atoms with E-state index in [1.54, 1.807) is 12.6 Å². The fraction of sp³-hybridized carbons (Fsp3) is 0.556. The number of carbonyl (C=O) groups is 1. The van der Waals surface area contributed by atoms with Gasteiger partial charge in [-0.25, -0.2) is 4.98 Å². The number of aromatic nitrogens is 1. The first-order chi connectivity index (χ1) is 7.26. The molecule has 0 aliphatic carbocycles. The number of amides is 1. The molecular formula is C9H15N3O2S. The molecule has 1 rings (SSSR count). The van der Waals surface area contributed by atoms with E-state index in [9.17, 15) is 4.79 Å². The summed E-state index contributed by atoms with van der Waals surface area (Å²) in [5, 5.41) is 4.65. The fourth-order valence-corrected chi connectivity index (χ4v) is 1.61. The Morgan fingerprint density at radius 1 is 1.80 bits per heavy atom. The molecule has 5 nitrogen and oxygen atoms in total. The van der Waals surface area contributed by atoms with Crippen molar-refractivity contribution in [3.05, 3.63) is 16.6 Å². The molecule has 0 bridgehead atoms. The number of nitrogens with zero attached hydrogens (tertiary/aromatic N) is 1. The van der Waals surface area contributed by atoms with Crippen LogP contribution in [0.2, 0.25) is 0 Å². The maximum absolute atomic E-state index is 11.4. The molecule has 1 aromatic rings. The fourth-order valence-electron chi connectivity index (χ4n) is 1.06. The molecule has 6 heteroatoms. The Morgan fingerprint density at radius 3 is 3.13 bits per heavy atom. The lowest BCUT2D eigenvalue weighted by atomic mass is 10.2. The first-order valence-electron chi connectivity index (χ1n) is 4.63. The van der Waals surface area contributed by atoms with Gasteiger partial charge < -0.3 is 15.8 Å². The molecule has 1 heterocycles. The summed E-state index contributed by atoms with van der Waals surface area (Å²) in [7, 11) is 1.55. The summed E-state index contributed by atoms with van der Waals surface area (Å²) in [6, 6.07) is 0. The van der Waals surface area contributed by atoms with Crippen molar-refractivity contribution in [3.63, 3.8) is 0 Å². The van der Waals surface area contributed by atoms with E-state index < -0.39 is 0 Å². The number of hydrogen-bond acceptors (Lipinski definition) is 5. The summed E-state index contributed by atoms with van der Waals surface area (Å²) >= 11 is 1.51. The van der Waals surface area contributed by atoms with Gasteiger partial charge in [-0.15, -0.1) is 11.3 Å². The SMILES string of the molecule is COC(CN)CC(=O)NCc1cscn1. The van der Waals surface area contributed by atoms with Crippen molar-refractivity contribution in [3.8, 4) is 0 Å². The smallest absolute Gasteiger partial charge is 0.222 e. The van der Waals surface area contributed by atoms with Crippen molar-refractivity contribution in [2.45, 2.75) is 19.1 Å². The molecule has 0 fully saturated rings. The zero-order valence-corrected chi connectivity index (χ0v) is 9.42. The Bertz CT molecular complexity index is 286. The van der Waals surface area contributed by atoms with Crippen molar-refractivity contribution in [2.24, 2.45) is 5.73 Å². The lowest BCUT2D eigenvalue weighted by molar-refractivity contribution is -0.123. The van der Waals surface area contributed by atoms with Crippen molar-refractivity contribution >= 4 is 17.2 Å². The minimum Gasteiger partial charge on any atom is -0.380 e. The minimum absolute atomic E-state index is 0.0692. The third kappa shape index (κ3) is 4.37. The second kappa shape index (κ2) is 6.49. The summed E-state index contributed by atoms with van der Waals surface area (Å²) in [5.74, 6) is -0.0692. The van der Waals surface area contributed by atoms with Crippen LogP contribution in [-0.2, 0) is 16.1 Å². The first kappa shape index (κ1) is 12.1. The molecule has 0 spiro atoms. The number of thiazole rings is 1. The van der Waals surface area contributed by atoms with Crippen molar-refractivity contribution in [1.82, 2.24) is 10.3 Å². The van der Waals surface area contributed by atoms with E-state index in [1.807, 2.05) is 5.38 Å². The van der Waals surface area contributed by atoms with Gasteiger partial charge in [-0.3, -0.25) is 4.79 Å². The monoisotopic (exact) mass is 229 g/mol. The average molecular weight is 229 g/mol. The molecule has 0 saturated carbocycles. The van der Waals surface area contributed by atoms with Crippen LogP contribution in [0.15, 0.2) is 10.9 Å². The number of nitrogens with one attached hydrogen (secondary N) is 1. The van der Waals surface area contributed by atoms with Gasteiger partial charge in [-0.2, -0.15) is 0 Å². The molecule has 0 saturated heterocycles. The topological polar surface area (TPSA) is 77.2 Å². The number of rotatable bonds is 6. The molecule has 1 unspecified atom stereocenters. The molecule has 0 aromatic carbocycles. The molecule has 1 atom stereocenters.